The first-order chi connectivity index (χ1) is 10.3. The molecule has 106 valence electrons. The van der Waals surface area contributed by atoms with Gasteiger partial charge in [-0.2, -0.15) is 0 Å². The number of para-hydroxylation sites is 1. The van der Waals surface area contributed by atoms with Gasteiger partial charge in [0.15, 0.2) is 0 Å². The lowest BCUT2D eigenvalue weighted by atomic mass is 10.1. The van der Waals surface area contributed by atoms with Crippen molar-refractivity contribution in [2.24, 2.45) is 0 Å². The monoisotopic (exact) mass is 280 g/mol. The molecule has 0 aliphatic heterocycles. The van der Waals surface area contributed by atoms with Gasteiger partial charge in [0.05, 0.1) is 25.4 Å². The molecule has 3 aromatic rings. The number of anilines is 2. The lowest BCUT2D eigenvalue weighted by Crippen LogP contribution is -1.96. The van der Waals surface area contributed by atoms with Gasteiger partial charge in [-0.1, -0.05) is 18.2 Å². The van der Waals surface area contributed by atoms with E-state index < -0.39 is 0 Å². The van der Waals surface area contributed by atoms with Crippen molar-refractivity contribution in [3.05, 3.63) is 54.7 Å². The minimum Gasteiger partial charge on any atom is -0.497 e. The molecule has 0 unspecified atom stereocenters. The van der Waals surface area contributed by atoms with Crippen LogP contribution in [-0.4, -0.2) is 19.2 Å². The number of hydrogen-bond donors (Lipinski definition) is 1. The number of nitrogens with one attached hydrogen (secondary N) is 1. The summed E-state index contributed by atoms with van der Waals surface area (Å²) in [5.74, 6) is 1.49. The largest absolute Gasteiger partial charge is 0.497 e. The van der Waals surface area contributed by atoms with Crippen molar-refractivity contribution in [2.75, 3.05) is 19.5 Å². The Morgan fingerprint density at radius 2 is 1.76 bits per heavy atom. The highest BCUT2D eigenvalue weighted by atomic mass is 16.5. The molecule has 0 aliphatic rings. The van der Waals surface area contributed by atoms with Gasteiger partial charge in [0.1, 0.15) is 11.5 Å². The van der Waals surface area contributed by atoms with E-state index in [1.807, 2.05) is 48.5 Å². The van der Waals surface area contributed by atoms with E-state index >= 15 is 0 Å². The second kappa shape index (κ2) is 5.71. The van der Waals surface area contributed by atoms with E-state index in [0.29, 0.717) is 0 Å². The highest BCUT2D eigenvalue weighted by molar-refractivity contribution is 5.93. The van der Waals surface area contributed by atoms with Crippen LogP contribution in [0.5, 0.6) is 11.5 Å². The van der Waals surface area contributed by atoms with Gasteiger partial charge < -0.3 is 14.8 Å². The average Bonchev–Trinajstić information content (AvgIpc) is 2.55. The number of nitrogens with zero attached hydrogens (tertiary/aromatic N) is 1. The third kappa shape index (κ3) is 2.60. The zero-order valence-corrected chi connectivity index (χ0v) is 12.0. The highest BCUT2D eigenvalue weighted by Gasteiger charge is 2.07. The maximum atomic E-state index is 5.41. The number of fused-ring (bicyclic) bond motifs is 1. The van der Waals surface area contributed by atoms with Crippen LogP contribution in [0, 0.1) is 0 Å². The van der Waals surface area contributed by atoms with Crippen LogP contribution in [0.25, 0.3) is 10.9 Å². The van der Waals surface area contributed by atoms with E-state index in [4.69, 9.17) is 9.47 Å². The van der Waals surface area contributed by atoms with Crippen molar-refractivity contribution in [2.45, 2.75) is 0 Å². The summed E-state index contributed by atoms with van der Waals surface area (Å²) in [6, 6.07) is 15.7. The van der Waals surface area contributed by atoms with Crippen molar-refractivity contribution in [1.82, 2.24) is 4.98 Å². The first-order valence-electron chi connectivity index (χ1n) is 6.64. The number of methoxy groups -OCH3 is 2. The van der Waals surface area contributed by atoms with Crippen molar-refractivity contribution in [1.29, 1.82) is 0 Å². The number of hydrogen-bond acceptors (Lipinski definition) is 4. The molecule has 0 spiro atoms. The summed E-state index contributed by atoms with van der Waals surface area (Å²) in [7, 11) is 3.28. The van der Waals surface area contributed by atoms with E-state index in [-0.39, 0.29) is 0 Å². The van der Waals surface area contributed by atoms with Gasteiger partial charge >= 0.3 is 0 Å². The summed E-state index contributed by atoms with van der Waals surface area (Å²) in [4.78, 5) is 4.36. The molecule has 1 aromatic heterocycles. The molecular formula is C17H16N2O2. The molecule has 2 aromatic carbocycles. The molecule has 4 nitrogen and oxygen atoms in total. The lowest BCUT2D eigenvalue weighted by Gasteiger charge is -2.13. The van der Waals surface area contributed by atoms with Gasteiger partial charge in [-0.3, -0.25) is 4.98 Å². The van der Waals surface area contributed by atoms with Crippen molar-refractivity contribution < 1.29 is 9.47 Å². The smallest absolute Gasteiger partial charge is 0.145 e. The van der Waals surface area contributed by atoms with E-state index in [1.165, 1.54) is 0 Å². The predicted molar refractivity (Wildman–Crippen MR) is 84.6 cm³/mol. The fourth-order valence-electron chi connectivity index (χ4n) is 2.25. The summed E-state index contributed by atoms with van der Waals surface area (Å²) < 4.78 is 10.6. The molecule has 0 saturated carbocycles. The van der Waals surface area contributed by atoms with Crippen LogP contribution in [0.2, 0.25) is 0 Å². The fraction of sp³-hybridized carbons (Fsp3) is 0.118. The highest BCUT2D eigenvalue weighted by Crippen LogP contribution is 2.33. The molecule has 0 atom stereocenters. The summed E-state index contributed by atoms with van der Waals surface area (Å²) in [5.41, 5.74) is 2.83. The molecule has 4 heteroatoms. The van der Waals surface area contributed by atoms with Gasteiger partial charge in [-0.25, -0.2) is 0 Å². The molecule has 1 heterocycles. The van der Waals surface area contributed by atoms with E-state index in [2.05, 4.69) is 10.3 Å². The Kier molecular flexibility index (Phi) is 3.60. The number of ether oxygens (including phenoxy) is 2. The maximum absolute atomic E-state index is 5.41. The standard InChI is InChI=1S/C17H16N2O2/c1-20-12-7-8-16(17(11-12)21-2)19-15-9-10-18-14-6-4-3-5-13(14)15/h3-11H,1-2H3,(H,18,19). The van der Waals surface area contributed by atoms with Crippen molar-refractivity contribution >= 4 is 22.3 Å². The molecule has 0 amide bonds. The number of aromatic nitrogens is 1. The maximum Gasteiger partial charge on any atom is 0.145 e. The normalized spacial score (nSPS) is 10.4. The Bertz CT molecular complexity index is 766. The molecule has 0 fully saturated rings. The van der Waals surface area contributed by atoms with Crippen LogP contribution in [0.1, 0.15) is 0 Å². The summed E-state index contributed by atoms with van der Waals surface area (Å²) in [6.07, 6.45) is 1.79. The van der Waals surface area contributed by atoms with Crippen LogP contribution < -0.4 is 14.8 Å². The van der Waals surface area contributed by atoms with Crippen LogP contribution in [0.4, 0.5) is 11.4 Å². The molecule has 21 heavy (non-hydrogen) atoms. The van der Waals surface area contributed by atoms with Crippen LogP contribution in [0.3, 0.4) is 0 Å². The molecule has 3 rings (SSSR count). The number of pyridine rings is 1. The minimum absolute atomic E-state index is 0.732. The third-order valence-electron chi connectivity index (χ3n) is 3.33. The molecule has 0 aliphatic carbocycles. The summed E-state index contributed by atoms with van der Waals surface area (Å²) >= 11 is 0. The zero-order chi connectivity index (χ0) is 14.7. The predicted octanol–water partition coefficient (Wildman–Crippen LogP) is 4.00. The lowest BCUT2D eigenvalue weighted by molar-refractivity contribution is 0.395. The van der Waals surface area contributed by atoms with E-state index in [9.17, 15) is 0 Å². The van der Waals surface area contributed by atoms with Crippen LogP contribution in [0.15, 0.2) is 54.7 Å². The average molecular weight is 280 g/mol. The quantitative estimate of drug-likeness (QED) is 0.784. The summed E-state index contributed by atoms with van der Waals surface area (Å²) in [6.45, 7) is 0. The molecule has 0 saturated heterocycles. The summed E-state index contributed by atoms with van der Waals surface area (Å²) in [5, 5.41) is 4.46. The van der Waals surface area contributed by atoms with Crippen molar-refractivity contribution in [3.63, 3.8) is 0 Å². The van der Waals surface area contributed by atoms with Gasteiger partial charge in [-0.15, -0.1) is 0 Å². The molecular weight excluding hydrogens is 264 g/mol. The van der Waals surface area contributed by atoms with Crippen LogP contribution >= 0.6 is 0 Å². The zero-order valence-electron chi connectivity index (χ0n) is 12.0. The van der Waals surface area contributed by atoms with E-state index in [1.54, 1.807) is 20.4 Å². The van der Waals surface area contributed by atoms with Crippen LogP contribution in [-0.2, 0) is 0 Å². The second-order valence-electron chi connectivity index (χ2n) is 4.57. The second-order valence-corrected chi connectivity index (χ2v) is 4.57. The minimum atomic E-state index is 0.732. The van der Waals surface area contributed by atoms with Gasteiger partial charge in [-0.05, 0) is 24.3 Å². The molecule has 0 radical (unpaired) electrons. The van der Waals surface area contributed by atoms with Crippen molar-refractivity contribution in [3.8, 4) is 11.5 Å². The Morgan fingerprint density at radius 3 is 2.57 bits per heavy atom. The first-order valence-corrected chi connectivity index (χ1v) is 6.64. The Hall–Kier alpha value is -2.75. The first kappa shape index (κ1) is 13.2. The number of rotatable bonds is 4. The van der Waals surface area contributed by atoms with E-state index in [0.717, 1.165) is 33.8 Å². The fourth-order valence-corrected chi connectivity index (χ4v) is 2.25. The number of benzene rings is 2. The molecule has 0 bridgehead atoms. The Morgan fingerprint density at radius 1 is 0.905 bits per heavy atom. The Labute approximate surface area is 123 Å². The topological polar surface area (TPSA) is 43.4 Å². The molecule has 1 N–H and O–H groups in total. The van der Waals surface area contributed by atoms with Gasteiger partial charge in [0.25, 0.3) is 0 Å². The third-order valence-corrected chi connectivity index (χ3v) is 3.33. The Balaban J connectivity index is 2.02. The van der Waals surface area contributed by atoms with Gasteiger partial charge in [0, 0.05) is 23.3 Å². The SMILES string of the molecule is COc1ccc(Nc2ccnc3ccccc23)c(OC)c1. The van der Waals surface area contributed by atoms with Gasteiger partial charge in [0.2, 0.25) is 0 Å².